The maximum absolute atomic E-state index is 13.8. The summed E-state index contributed by atoms with van der Waals surface area (Å²) in [6.07, 6.45) is 1.20. The van der Waals surface area contributed by atoms with Gasteiger partial charge in [0.05, 0.1) is 11.4 Å². The lowest BCUT2D eigenvalue weighted by molar-refractivity contribution is -0.00152. The van der Waals surface area contributed by atoms with E-state index in [0.29, 0.717) is 5.92 Å². The summed E-state index contributed by atoms with van der Waals surface area (Å²) in [6.45, 7) is 3.92. The minimum absolute atomic E-state index is 0.0970. The largest absolute Gasteiger partial charge is 0.448 e. The van der Waals surface area contributed by atoms with Gasteiger partial charge in [0.1, 0.15) is 24.1 Å². The number of piperidine rings is 3. The Bertz CT molecular complexity index is 1280. The van der Waals surface area contributed by atoms with Crippen molar-refractivity contribution in [3.63, 3.8) is 0 Å². The van der Waals surface area contributed by atoms with Gasteiger partial charge in [-0.2, -0.15) is 0 Å². The summed E-state index contributed by atoms with van der Waals surface area (Å²) in [5.41, 5.74) is 4.07. The molecule has 3 fully saturated rings. The molecule has 4 atom stereocenters. The van der Waals surface area contributed by atoms with Gasteiger partial charge in [-0.05, 0) is 62.6 Å². The predicted molar refractivity (Wildman–Crippen MR) is 139 cm³/mol. The Kier molecular flexibility index (Phi) is 7.06. The molecule has 4 heterocycles. The van der Waals surface area contributed by atoms with E-state index >= 15 is 0 Å². The third-order valence-corrected chi connectivity index (χ3v) is 7.37. The van der Waals surface area contributed by atoms with Crippen LogP contribution in [-0.4, -0.2) is 60.8 Å². The van der Waals surface area contributed by atoms with Crippen molar-refractivity contribution < 1.29 is 18.3 Å². The monoisotopic (exact) mass is 507 g/mol. The molecule has 1 amide bonds. The number of aryl methyl sites for hydroxylation is 1. The second kappa shape index (κ2) is 10.4. The number of nitrogens with one attached hydrogen (secondary N) is 1. The number of nitrogens with zero attached hydrogens (tertiary/aromatic N) is 4. The van der Waals surface area contributed by atoms with Crippen LogP contribution in [0.15, 0.2) is 48.5 Å². The van der Waals surface area contributed by atoms with Crippen LogP contribution in [0.25, 0.3) is 11.3 Å². The summed E-state index contributed by atoms with van der Waals surface area (Å²) >= 11 is 0. The number of hydrogen-bond donors (Lipinski definition) is 1. The van der Waals surface area contributed by atoms with Crippen molar-refractivity contribution in [2.45, 2.75) is 31.7 Å². The van der Waals surface area contributed by atoms with Crippen LogP contribution in [0.1, 0.15) is 30.3 Å². The van der Waals surface area contributed by atoms with Gasteiger partial charge in [-0.15, -0.1) is 0 Å². The number of halogens is 2. The Morgan fingerprint density at radius 2 is 1.92 bits per heavy atom. The second-order valence-corrected chi connectivity index (χ2v) is 10.1. The first kappa shape index (κ1) is 25.1. The van der Waals surface area contributed by atoms with Crippen LogP contribution in [0.5, 0.6) is 0 Å². The normalized spacial score (nSPS) is 22.5. The first-order valence-corrected chi connectivity index (χ1v) is 12.5. The van der Waals surface area contributed by atoms with Gasteiger partial charge in [0.2, 0.25) is 0 Å². The molecule has 6 rings (SSSR count). The smallest absolute Gasteiger partial charge is 0.411 e. The van der Waals surface area contributed by atoms with Crippen molar-refractivity contribution in [2.75, 3.05) is 44.0 Å². The number of carbonyl (C=O) groups is 1. The quantitative estimate of drug-likeness (QED) is 0.493. The molecule has 7 nitrogen and oxygen atoms in total. The summed E-state index contributed by atoms with van der Waals surface area (Å²) in [6, 6.07) is 13.6. The van der Waals surface area contributed by atoms with Crippen molar-refractivity contribution in [1.29, 1.82) is 0 Å². The van der Waals surface area contributed by atoms with E-state index in [9.17, 15) is 13.6 Å². The lowest BCUT2D eigenvalue weighted by atomic mass is 9.74. The molecule has 37 heavy (non-hydrogen) atoms. The number of ether oxygens (including phenoxy) is 1. The summed E-state index contributed by atoms with van der Waals surface area (Å²) < 4.78 is 32.3. The van der Waals surface area contributed by atoms with Crippen LogP contribution in [-0.2, 0) is 4.74 Å². The Morgan fingerprint density at radius 3 is 2.59 bits per heavy atom. The third-order valence-electron chi connectivity index (χ3n) is 7.37. The highest BCUT2D eigenvalue weighted by Crippen LogP contribution is 2.42. The van der Waals surface area contributed by atoms with Crippen LogP contribution >= 0.6 is 0 Å². The van der Waals surface area contributed by atoms with Crippen molar-refractivity contribution in [3.05, 3.63) is 71.7 Å². The SMILES string of the molecule is Cc1nc(-c2ccc(N(C)C)cc2)cc([C@@H]2CN3CC[C@H]2C[C@@H]3COC(=O)Nc2ccc(F)cc2F)n1. The van der Waals surface area contributed by atoms with Crippen molar-refractivity contribution in [1.82, 2.24) is 14.9 Å². The van der Waals surface area contributed by atoms with Gasteiger partial charge in [0.15, 0.2) is 0 Å². The molecule has 3 aromatic rings. The van der Waals surface area contributed by atoms with Gasteiger partial charge in [-0.1, -0.05) is 12.1 Å². The van der Waals surface area contributed by atoms with Crippen LogP contribution in [0.2, 0.25) is 0 Å². The molecule has 3 aliphatic heterocycles. The minimum atomic E-state index is -0.839. The molecule has 1 aromatic heterocycles. The molecule has 0 saturated carbocycles. The molecule has 1 unspecified atom stereocenters. The summed E-state index contributed by atoms with van der Waals surface area (Å²) in [5, 5.41) is 2.35. The number of carbonyl (C=O) groups excluding carboxylic acids is 1. The average Bonchev–Trinajstić information content (AvgIpc) is 2.89. The van der Waals surface area contributed by atoms with Gasteiger partial charge in [-0.25, -0.2) is 23.5 Å². The van der Waals surface area contributed by atoms with Gasteiger partial charge in [0, 0.05) is 55.6 Å². The molecular weight excluding hydrogens is 476 g/mol. The van der Waals surface area contributed by atoms with Gasteiger partial charge < -0.3 is 9.64 Å². The summed E-state index contributed by atoms with van der Waals surface area (Å²) in [7, 11) is 4.04. The number of aromatic nitrogens is 2. The zero-order chi connectivity index (χ0) is 26.1. The molecular formula is C28H31F2N5O2. The summed E-state index contributed by atoms with van der Waals surface area (Å²) in [5.74, 6) is -0.0769. The Labute approximate surface area is 215 Å². The fraction of sp³-hybridized carbons (Fsp3) is 0.393. The van der Waals surface area contributed by atoms with Crippen LogP contribution in [0, 0.1) is 24.5 Å². The molecule has 2 bridgehead atoms. The summed E-state index contributed by atoms with van der Waals surface area (Å²) in [4.78, 5) is 26.1. The number of hydrogen-bond acceptors (Lipinski definition) is 6. The number of amides is 1. The highest BCUT2D eigenvalue weighted by atomic mass is 19.1. The van der Waals surface area contributed by atoms with Gasteiger partial charge in [-0.3, -0.25) is 10.2 Å². The molecule has 9 heteroatoms. The fourth-order valence-corrected chi connectivity index (χ4v) is 5.41. The number of anilines is 2. The third kappa shape index (κ3) is 5.56. The van der Waals surface area contributed by atoms with E-state index in [-0.39, 0.29) is 24.3 Å². The maximum atomic E-state index is 13.8. The average molecular weight is 508 g/mol. The van der Waals surface area contributed by atoms with Crippen molar-refractivity contribution in [2.24, 2.45) is 5.92 Å². The van der Waals surface area contributed by atoms with Crippen molar-refractivity contribution >= 4 is 17.5 Å². The van der Waals surface area contributed by atoms with Gasteiger partial charge >= 0.3 is 6.09 Å². The predicted octanol–water partition coefficient (Wildman–Crippen LogP) is 5.22. The molecule has 3 saturated heterocycles. The molecule has 0 radical (unpaired) electrons. The molecule has 194 valence electrons. The van der Waals surface area contributed by atoms with Crippen LogP contribution in [0.3, 0.4) is 0 Å². The Morgan fingerprint density at radius 1 is 1.14 bits per heavy atom. The Hall–Kier alpha value is -3.59. The molecule has 1 N–H and O–H groups in total. The maximum Gasteiger partial charge on any atom is 0.411 e. The fourth-order valence-electron chi connectivity index (χ4n) is 5.41. The number of benzene rings is 2. The van der Waals surface area contributed by atoms with E-state index in [1.54, 1.807) is 0 Å². The number of rotatable bonds is 6. The van der Waals surface area contributed by atoms with E-state index in [4.69, 9.17) is 14.7 Å². The van der Waals surface area contributed by atoms with E-state index in [0.717, 1.165) is 66.5 Å². The molecule has 3 aliphatic rings. The molecule has 2 aromatic carbocycles. The van der Waals surface area contributed by atoms with E-state index < -0.39 is 17.7 Å². The first-order valence-electron chi connectivity index (χ1n) is 12.5. The zero-order valence-corrected chi connectivity index (χ0v) is 21.2. The van der Waals surface area contributed by atoms with Crippen molar-refractivity contribution in [3.8, 4) is 11.3 Å². The highest BCUT2D eigenvalue weighted by molar-refractivity contribution is 5.84. The minimum Gasteiger partial charge on any atom is -0.448 e. The van der Waals surface area contributed by atoms with Crippen LogP contribution in [0.4, 0.5) is 25.0 Å². The zero-order valence-electron chi connectivity index (χ0n) is 21.2. The van der Waals surface area contributed by atoms with E-state index in [1.807, 2.05) is 21.0 Å². The topological polar surface area (TPSA) is 70.6 Å². The lowest BCUT2D eigenvalue weighted by Gasteiger charge is -2.49. The van der Waals surface area contributed by atoms with Gasteiger partial charge in [0.25, 0.3) is 0 Å². The number of fused-ring (bicyclic) bond motifs is 3. The molecule has 0 aliphatic carbocycles. The lowest BCUT2D eigenvalue weighted by Crippen LogP contribution is -2.54. The van der Waals surface area contributed by atoms with E-state index in [2.05, 4.69) is 45.4 Å². The standard InChI is InChI=1S/C28H31F2N5O2/c1-17-31-26(18-4-7-21(8-5-18)34(2)3)14-27(32-17)23-15-35-11-10-19(23)12-22(35)16-37-28(36)33-25-9-6-20(29)13-24(25)30/h4-9,13-14,19,22-23H,10-12,15-16H2,1-3H3,(H,33,36)/t19-,22+,23+/m0/s1. The van der Waals surface area contributed by atoms with Crippen LogP contribution < -0.4 is 10.2 Å². The Balaban J connectivity index is 1.23. The highest BCUT2D eigenvalue weighted by Gasteiger charge is 2.42. The van der Waals surface area contributed by atoms with E-state index in [1.165, 1.54) is 6.07 Å². The second-order valence-electron chi connectivity index (χ2n) is 10.1. The molecule has 0 spiro atoms. The first-order chi connectivity index (χ1) is 17.8.